The molecule has 0 unspecified atom stereocenters. The second-order valence-electron chi connectivity index (χ2n) is 7.73. The number of amides is 2. The van der Waals surface area contributed by atoms with Gasteiger partial charge in [-0.1, -0.05) is 30.3 Å². The molecule has 2 amide bonds. The molecule has 2 aliphatic rings. The van der Waals surface area contributed by atoms with Crippen LogP contribution < -0.4 is 9.80 Å². The van der Waals surface area contributed by atoms with Crippen LogP contribution in [0.25, 0.3) is 0 Å². The van der Waals surface area contributed by atoms with Crippen molar-refractivity contribution in [3.8, 4) is 0 Å². The van der Waals surface area contributed by atoms with Crippen molar-refractivity contribution in [2.45, 2.75) is 6.92 Å². The average molecular weight is 393 g/mol. The zero-order valence-electron chi connectivity index (χ0n) is 17.0. The lowest BCUT2D eigenvalue weighted by Gasteiger charge is -2.38. The Bertz CT molecular complexity index is 854. The van der Waals surface area contributed by atoms with E-state index >= 15 is 0 Å². The number of carbonyl (C=O) groups excluding carboxylic acids is 2. The normalized spacial score (nSPS) is 17.4. The third-order valence-electron chi connectivity index (χ3n) is 5.80. The van der Waals surface area contributed by atoms with Crippen LogP contribution in [0.5, 0.6) is 0 Å². The number of hydrogen-bond donors (Lipinski definition) is 0. The third-order valence-corrected chi connectivity index (χ3v) is 5.80. The molecule has 0 aliphatic carbocycles. The number of aryl methyl sites for hydroxylation is 1. The Hall–Kier alpha value is -3.02. The van der Waals surface area contributed by atoms with E-state index in [1.54, 1.807) is 9.80 Å². The van der Waals surface area contributed by atoms with E-state index in [1.165, 1.54) is 11.3 Å². The SMILES string of the molecule is Cc1cccc(N2CCN(C(=O)C(=O)N3CCN(c4ccccc4)CC3)CC2)c1. The average Bonchev–Trinajstić information content (AvgIpc) is 2.79. The molecule has 6 nitrogen and oxygen atoms in total. The van der Waals surface area contributed by atoms with E-state index in [-0.39, 0.29) is 11.8 Å². The predicted octanol–water partition coefficient (Wildman–Crippen LogP) is 1.99. The monoisotopic (exact) mass is 392 g/mol. The van der Waals surface area contributed by atoms with E-state index in [0.29, 0.717) is 26.2 Å². The van der Waals surface area contributed by atoms with Crippen molar-refractivity contribution in [1.82, 2.24) is 9.80 Å². The highest BCUT2D eigenvalue weighted by molar-refractivity contribution is 6.35. The standard InChI is InChI=1S/C23H28N4O2/c1-19-6-5-9-21(18-19)25-12-16-27(17-13-25)23(29)22(28)26-14-10-24(11-15-26)20-7-3-2-4-8-20/h2-9,18H,10-17H2,1H3. The first-order valence-corrected chi connectivity index (χ1v) is 10.3. The molecule has 2 saturated heterocycles. The number of carbonyl (C=O) groups is 2. The van der Waals surface area contributed by atoms with Crippen molar-refractivity contribution in [3.63, 3.8) is 0 Å². The van der Waals surface area contributed by atoms with Gasteiger partial charge in [0.05, 0.1) is 0 Å². The molecule has 29 heavy (non-hydrogen) atoms. The summed E-state index contributed by atoms with van der Waals surface area (Å²) in [4.78, 5) is 33.4. The van der Waals surface area contributed by atoms with Crippen LogP contribution in [-0.4, -0.2) is 74.0 Å². The molecular formula is C23H28N4O2. The fourth-order valence-electron chi connectivity index (χ4n) is 4.07. The van der Waals surface area contributed by atoms with Gasteiger partial charge in [0.25, 0.3) is 0 Å². The second-order valence-corrected chi connectivity index (χ2v) is 7.73. The van der Waals surface area contributed by atoms with Gasteiger partial charge < -0.3 is 19.6 Å². The van der Waals surface area contributed by atoms with E-state index in [0.717, 1.165) is 31.9 Å². The summed E-state index contributed by atoms with van der Waals surface area (Å²) in [5.74, 6) is -0.719. The van der Waals surface area contributed by atoms with Gasteiger partial charge in [-0.3, -0.25) is 9.59 Å². The fraction of sp³-hybridized carbons (Fsp3) is 0.391. The quantitative estimate of drug-likeness (QED) is 0.734. The minimum atomic E-state index is -0.360. The summed E-state index contributed by atoms with van der Waals surface area (Å²) in [6, 6.07) is 18.6. The van der Waals surface area contributed by atoms with Crippen molar-refractivity contribution in [3.05, 3.63) is 60.2 Å². The molecule has 2 aromatic rings. The predicted molar refractivity (Wildman–Crippen MR) is 115 cm³/mol. The topological polar surface area (TPSA) is 47.1 Å². The van der Waals surface area contributed by atoms with Gasteiger partial charge in [-0.2, -0.15) is 0 Å². The Morgan fingerprint density at radius 3 is 1.62 bits per heavy atom. The first-order valence-electron chi connectivity index (χ1n) is 10.3. The highest BCUT2D eigenvalue weighted by Crippen LogP contribution is 2.19. The first-order chi connectivity index (χ1) is 14.1. The lowest BCUT2D eigenvalue weighted by atomic mass is 10.2. The smallest absolute Gasteiger partial charge is 0.312 e. The minimum Gasteiger partial charge on any atom is -0.368 e. The van der Waals surface area contributed by atoms with Crippen molar-refractivity contribution < 1.29 is 9.59 Å². The Labute approximate surface area is 172 Å². The molecule has 0 aromatic heterocycles. The molecular weight excluding hydrogens is 364 g/mol. The molecule has 2 fully saturated rings. The first kappa shape index (κ1) is 19.3. The molecule has 0 bridgehead atoms. The van der Waals surface area contributed by atoms with Gasteiger partial charge in [0.2, 0.25) is 0 Å². The van der Waals surface area contributed by atoms with E-state index < -0.39 is 0 Å². The van der Waals surface area contributed by atoms with E-state index in [1.807, 2.05) is 18.2 Å². The largest absolute Gasteiger partial charge is 0.368 e. The molecule has 0 saturated carbocycles. The maximum absolute atomic E-state index is 12.7. The Morgan fingerprint density at radius 2 is 1.10 bits per heavy atom. The Kier molecular flexibility index (Phi) is 5.69. The van der Waals surface area contributed by atoms with Gasteiger partial charge in [0.1, 0.15) is 0 Å². The van der Waals surface area contributed by atoms with Crippen molar-refractivity contribution in [1.29, 1.82) is 0 Å². The molecule has 0 atom stereocenters. The van der Waals surface area contributed by atoms with Crippen molar-refractivity contribution in [2.24, 2.45) is 0 Å². The summed E-state index contributed by atoms with van der Waals surface area (Å²) in [7, 11) is 0. The highest BCUT2D eigenvalue weighted by Gasteiger charge is 2.31. The second kappa shape index (κ2) is 8.55. The number of hydrogen-bond acceptors (Lipinski definition) is 4. The number of nitrogens with zero attached hydrogens (tertiary/aromatic N) is 4. The molecule has 152 valence electrons. The van der Waals surface area contributed by atoms with Gasteiger partial charge in [-0.25, -0.2) is 0 Å². The van der Waals surface area contributed by atoms with Gasteiger partial charge in [-0.05, 0) is 36.8 Å². The molecule has 0 N–H and O–H groups in total. The zero-order chi connectivity index (χ0) is 20.2. The number of para-hydroxylation sites is 1. The summed E-state index contributed by atoms with van der Waals surface area (Å²) >= 11 is 0. The summed E-state index contributed by atoms with van der Waals surface area (Å²) in [5.41, 5.74) is 3.57. The van der Waals surface area contributed by atoms with Crippen LogP contribution in [0.1, 0.15) is 5.56 Å². The molecule has 6 heteroatoms. The van der Waals surface area contributed by atoms with E-state index in [2.05, 4.69) is 53.1 Å². The summed E-state index contributed by atoms with van der Waals surface area (Å²) in [6.07, 6.45) is 0. The van der Waals surface area contributed by atoms with Crippen molar-refractivity contribution >= 4 is 23.2 Å². The Balaban J connectivity index is 1.28. The Morgan fingerprint density at radius 1 is 0.621 bits per heavy atom. The zero-order valence-corrected chi connectivity index (χ0v) is 17.0. The number of benzene rings is 2. The summed E-state index contributed by atoms with van der Waals surface area (Å²) in [6.45, 7) is 7.44. The maximum atomic E-state index is 12.7. The van der Waals surface area contributed by atoms with E-state index in [4.69, 9.17) is 0 Å². The van der Waals surface area contributed by atoms with E-state index in [9.17, 15) is 9.59 Å². The maximum Gasteiger partial charge on any atom is 0.312 e. The molecule has 0 radical (unpaired) electrons. The number of piperazine rings is 2. The molecule has 2 heterocycles. The van der Waals surface area contributed by atoms with Crippen molar-refractivity contribution in [2.75, 3.05) is 62.2 Å². The highest BCUT2D eigenvalue weighted by atomic mass is 16.2. The van der Waals surface area contributed by atoms with Gasteiger partial charge >= 0.3 is 11.8 Å². The van der Waals surface area contributed by atoms with Crippen LogP contribution in [0.2, 0.25) is 0 Å². The van der Waals surface area contributed by atoms with Crippen LogP contribution in [0.3, 0.4) is 0 Å². The van der Waals surface area contributed by atoms with Crippen LogP contribution in [0.15, 0.2) is 54.6 Å². The number of rotatable bonds is 2. The fourth-order valence-corrected chi connectivity index (χ4v) is 4.07. The van der Waals surface area contributed by atoms with Crippen LogP contribution in [-0.2, 0) is 9.59 Å². The molecule has 4 rings (SSSR count). The summed E-state index contributed by atoms with van der Waals surface area (Å²) in [5, 5.41) is 0. The van der Waals surface area contributed by atoms with Gasteiger partial charge in [0, 0.05) is 63.7 Å². The molecule has 0 spiro atoms. The molecule has 2 aromatic carbocycles. The van der Waals surface area contributed by atoms with Crippen LogP contribution >= 0.6 is 0 Å². The van der Waals surface area contributed by atoms with Crippen LogP contribution in [0, 0.1) is 6.92 Å². The van der Waals surface area contributed by atoms with Gasteiger partial charge in [0.15, 0.2) is 0 Å². The van der Waals surface area contributed by atoms with Gasteiger partial charge in [-0.15, -0.1) is 0 Å². The number of anilines is 2. The molecule has 2 aliphatic heterocycles. The lowest BCUT2D eigenvalue weighted by molar-refractivity contribution is -0.152. The summed E-state index contributed by atoms with van der Waals surface area (Å²) < 4.78 is 0. The third kappa shape index (κ3) is 4.36. The van der Waals surface area contributed by atoms with Crippen LogP contribution in [0.4, 0.5) is 11.4 Å². The lowest BCUT2D eigenvalue weighted by Crippen LogP contribution is -2.56. The minimum absolute atomic E-state index is 0.359.